The van der Waals surface area contributed by atoms with Crippen LogP contribution in [0.1, 0.15) is 26.7 Å². The summed E-state index contributed by atoms with van der Waals surface area (Å²) in [6.45, 7) is 6.48. The fraction of sp³-hybridized carbons (Fsp3) is 0.643. The maximum absolute atomic E-state index is 9.72. The third-order valence-electron chi connectivity index (χ3n) is 4.15. The van der Waals surface area contributed by atoms with Gasteiger partial charge in [0.2, 0.25) is 5.95 Å². The second-order valence-electron chi connectivity index (χ2n) is 5.60. The van der Waals surface area contributed by atoms with Gasteiger partial charge in [-0.3, -0.25) is 5.10 Å². The number of H-pyrrole nitrogens is 1. The maximum Gasteiger partial charge on any atom is 0.226 e. The highest BCUT2D eigenvalue weighted by molar-refractivity contribution is 5.87. The van der Waals surface area contributed by atoms with Gasteiger partial charge >= 0.3 is 0 Å². The molecule has 1 atom stereocenters. The lowest BCUT2D eigenvalue weighted by atomic mass is 9.92. The highest BCUT2D eigenvalue weighted by atomic mass is 16.3. The van der Waals surface area contributed by atoms with E-state index in [9.17, 15) is 5.11 Å². The summed E-state index contributed by atoms with van der Waals surface area (Å²) in [6.07, 6.45) is 3.51. The summed E-state index contributed by atoms with van der Waals surface area (Å²) < 4.78 is 0. The van der Waals surface area contributed by atoms with E-state index in [-0.39, 0.29) is 6.10 Å². The van der Waals surface area contributed by atoms with Crippen molar-refractivity contribution in [1.82, 2.24) is 20.2 Å². The van der Waals surface area contributed by atoms with Crippen molar-refractivity contribution in [3.05, 3.63) is 6.20 Å². The Morgan fingerprint density at radius 1 is 1.43 bits per heavy atom. The van der Waals surface area contributed by atoms with Crippen LogP contribution >= 0.6 is 0 Å². The molecule has 1 saturated heterocycles. The zero-order valence-corrected chi connectivity index (χ0v) is 12.5. The smallest absolute Gasteiger partial charge is 0.226 e. The van der Waals surface area contributed by atoms with E-state index in [1.165, 1.54) is 0 Å². The van der Waals surface area contributed by atoms with E-state index < -0.39 is 0 Å². The van der Waals surface area contributed by atoms with Crippen molar-refractivity contribution in [3.8, 4) is 0 Å². The Labute approximate surface area is 123 Å². The number of nitrogens with zero attached hydrogens (tertiary/aromatic N) is 4. The van der Waals surface area contributed by atoms with Gasteiger partial charge in [0.05, 0.1) is 17.7 Å². The molecule has 3 rings (SSSR count). The molecule has 3 heterocycles. The number of piperidine rings is 1. The van der Waals surface area contributed by atoms with E-state index in [0.29, 0.717) is 11.9 Å². The molecular formula is C14H22N6O. The topological polar surface area (TPSA) is 90.0 Å². The van der Waals surface area contributed by atoms with Crippen molar-refractivity contribution in [2.75, 3.05) is 29.9 Å². The minimum atomic E-state index is -0.233. The molecule has 0 aliphatic carbocycles. The lowest BCUT2D eigenvalue weighted by Crippen LogP contribution is -2.37. The molecule has 0 spiro atoms. The first kappa shape index (κ1) is 14.1. The van der Waals surface area contributed by atoms with E-state index in [0.717, 1.165) is 49.3 Å². The van der Waals surface area contributed by atoms with Gasteiger partial charge in [-0.25, -0.2) is 0 Å². The van der Waals surface area contributed by atoms with Crippen LogP contribution in [0.15, 0.2) is 6.20 Å². The molecule has 1 aliphatic heterocycles. The van der Waals surface area contributed by atoms with Crippen LogP contribution in [0.4, 0.5) is 11.8 Å². The van der Waals surface area contributed by atoms with Gasteiger partial charge in [0.25, 0.3) is 0 Å². The molecule has 0 radical (unpaired) electrons. The summed E-state index contributed by atoms with van der Waals surface area (Å²) in [6, 6.07) is 0. The van der Waals surface area contributed by atoms with Crippen LogP contribution in [0.5, 0.6) is 0 Å². The molecule has 3 N–H and O–H groups in total. The van der Waals surface area contributed by atoms with Crippen LogP contribution in [0.25, 0.3) is 11.0 Å². The molecule has 0 amide bonds. The van der Waals surface area contributed by atoms with E-state index >= 15 is 0 Å². The summed E-state index contributed by atoms with van der Waals surface area (Å²) in [4.78, 5) is 11.3. The van der Waals surface area contributed by atoms with E-state index in [2.05, 4.69) is 30.4 Å². The molecule has 7 heteroatoms. The number of aromatic nitrogens is 4. The summed E-state index contributed by atoms with van der Waals surface area (Å²) in [7, 11) is 0. The monoisotopic (exact) mass is 290 g/mol. The van der Waals surface area contributed by atoms with Gasteiger partial charge in [-0.1, -0.05) is 0 Å². The Morgan fingerprint density at radius 2 is 2.19 bits per heavy atom. The summed E-state index contributed by atoms with van der Waals surface area (Å²) >= 11 is 0. The molecule has 1 fully saturated rings. The molecule has 0 aromatic carbocycles. The minimum absolute atomic E-state index is 0.233. The number of rotatable bonds is 4. The molecule has 114 valence electrons. The summed E-state index contributed by atoms with van der Waals surface area (Å²) in [5.74, 6) is 1.94. The van der Waals surface area contributed by atoms with Crippen molar-refractivity contribution in [2.24, 2.45) is 5.92 Å². The van der Waals surface area contributed by atoms with Crippen molar-refractivity contribution in [3.63, 3.8) is 0 Å². The van der Waals surface area contributed by atoms with Gasteiger partial charge in [-0.15, -0.1) is 0 Å². The second-order valence-corrected chi connectivity index (χ2v) is 5.60. The van der Waals surface area contributed by atoms with Gasteiger partial charge in [0, 0.05) is 19.6 Å². The third kappa shape index (κ3) is 2.78. The Balaban J connectivity index is 1.87. The van der Waals surface area contributed by atoms with Crippen LogP contribution in [0.3, 0.4) is 0 Å². The van der Waals surface area contributed by atoms with Gasteiger partial charge in [-0.05, 0) is 32.6 Å². The van der Waals surface area contributed by atoms with Crippen LogP contribution in [0.2, 0.25) is 0 Å². The standard InChI is InChI=1S/C14H22N6O/c1-3-15-14-17-12-11(8-16-19-12)13(18-14)20-6-4-10(5-7-20)9(2)21/h8-10,21H,3-7H2,1-2H3,(H2,15,16,17,18,19). The SMILES string of the molecule is CCNc1nc(N2CCC(C(C)O)CC2)c2cn[nH]c2n1. The number of nitrogens with one attached hydrogen (secondary N) is 2. The lowest BCUT2D eigenvalue weighted by Gasteiger charge is -2.34. The third-order valence-corrected chi connectivity index (χ3v) is 4.15. The predicted molar refractivity (Wildman–Crippen MR) is 82.5 cm³/mol. The van der Waals surface area contributed by atoms with E-state index in [4.69, 9.17) is 0 Å². The minimum Gasteiger partial charge on any atom is -0.393 e. The fourth-order valence-corrected chi connectivity index (χ4v) is 2.89. The molecule has 7 nitrogen and oxygen atoms in total. The highest BCUT2D eigenvalue weighted by Crippen LogP contribution is 2.29. The van der Waals surface area contributed by atoms with Crippen molar-refractivity contribution in [1.29, 1.82) is 0 Å². The van der Waals surface area contributed by atoms with Gasteiger partial charge in [0.1, 0.15) is 5.82 Å². The largest absolute Gasteiger partial charge is 0.393 e. The molecule has 0 saturated carbocycles. The molecule has 21 heavy (non-hydrogen) atoms. The Morgan fingerprint density at radius 3 is 2.86 bits per heavy atom. The summed E-state index contributed by atoms with van der Waals surface area (Å²) in [5.41, 5.74) is 0.758. The number of fused-ring (bicyclic) bond motifs is 1. The van der Waals surface area contributed by atoms with Gasteiger partial charge in [-0.2, -0.15) is 15.1 Å². The Hall–Kier alpha value is -1.89. The predicted octanol–water partition coefficient (Wildman–Crippen LogP) is 1.38. The van der Waals surface area contributed by atoms with E-state index in [1.807, 2.05) is 13.8 Å². The molecule has 1 unspecified atom stereocenters. The fourth-order valence-electron chi connectivity index (χ4n) is 2.89. The van der Waals surface area contributed by atoms with Gasteiger partial charge in [0.15, 0.2) is 5.65 Å². The Bertz CT molecular complexity index is 603. The van der Waals surface area contributed by atoms with Crippen molar-refractivity contribution < 1.29 is 5.11 Å². The van der Waals surface area contributed by atoms with Crippen molar-refractivity contribution >= 4 is 22.8 Å². The average molecular weight is 290 g/mol. The molecular weight excluding hydrogens is 268 g/mol. The maximum atomic E-state index is 9.72. The van der Waals surface area contributed by atoms with E-state index in [1.54, 1.807) is 6.20 Å². The van der Waals surface area contributed by atoms with Crippen LogP contribution < -0.4 is 10.2 Å². The first-order chi connectivity index (χ1) is 10.2. The number of hydrogen-bond donors (Lipinski definition) is 3. The molecule has 1 aliphatic rings. The molecule has 2 aromatic rings. The molecule has 0 bridgehead atoms. The van der Waals surface area contributed by atoms with Crippen LogP contribution in [-0.2, 0) is 0 Å². The number of anilines is 2. The van der Waals surface area contributed by atoms with Gasteiger partial charge < -0.3 is 15.3 Å². The number of aliphatic hydroxyl groups is 1. The number of hydrogen-bond acceptors (Lipinski definition) is 6. The Kier molecular flexibility index (Phi) is 3.92. The second kappa shape index (κ2) is 5.85. The normalized spacial score (nSPS) is 18.1. The quantitative estimate of drug-likeness (QED) is 0.788. The first-order valence-corrected chi connectivity index (χ1v) is 7.57. The summed E-state index contributed by atoms with van der Waals surface area (Å²) in [5, 5.41) is 20.8. The molecule has 2 aromatic heterocycles. The zero-order valence-electron chi connectivity index (χ0n) is 12.5. The highest BCUT2D eigenvalue weighted by Gasteiger charge is 2.25. The van der Waals surface area contributed by atoms with Crippen LogP contribution in [-0.4, -0.2) is 51.0 Å². The zero-order chi connectivity index (χ0) is 14.8. The van der Waals surface area contributed by atoms with Crippen LogP contribution in [0, 0.1) is 5.92 Å². The van der Waals surface area contributed by atoms with Crippen molar-refractivity contribution in [2.45, 2.75) is 32.8 Å². The first-order valence-electron chi connectivity index (χ1n) is 7.57. The average Bonchev–Trinajstić information content (AvgIpc) is 2.95. The number of aliphatic hydroxyl groups excluding tert-OH is 1. The number of aromatic amines is 1. The lowest BCUT2D eigenvalue weighted by molar-refractivity contribution is 0.110.